The van der Waals surface area contributed by atoms with E-state index in [2.05, 4.69) is 75.2 Å². The summed E-state index contributed by atoms with van der Waals surface area (Å²) in [5.41, 5.74) is 4.15. The van der Waals surface area contributed by atoms with Gasteiger partial charge in [0.25, 0.3) is 0 Å². The molecule has 0 atom stereocenters. The van der Waals surface area contributed by atoms with Crippen LogP contribution in [0, 0.1) is 0 Å². The Hall–Kier alpha value is -3.38. The van der Waals surface area contributed by atoms with E-state index in [0.717, 1.165) is 11.4 Å². The van der Waals surface area contributed by atoms with Crippen LogP contribution in [-0.4, -0.2) is 16.7 Å². The largest absolute Gasteiger partial charge is 0.355 e. The van der Waals surface area contributed by atoms with E-state index in [1.807, 2.05) is 24.3 Å². The van der Waals surface area contributed by atoms with E-state index < -0.39 is 0 Å². The number of nitrogens with one attached hydrogen (secondary N) is 1. The molecule has 3 aromatic carbocycles. The average molecular weight is 295 g/mol. The molecular weight excluding hydrogens is 282 g/mol. The van der Waals surface area contributed by atoms with Crippen molar-refractivity contribution >= 4 is 44.9 Å². The zero-order valence-corrected chi connectivity index (χ0v) is 12.3. The van der Waals surface area contributed by atoms with E-state index in [0.29, 0.717) is 0 Å². The standard InChI is InChI=1S/C12H9N.C8H4N2/c1-3-7-11-9(5-1)10-6-2-4-8-12(10)13-11;1-2-4-8-7(3-1)9-5-6-10-8/h1-8,13H;1-4H. The van der Waals surface area contributed by atoms with Gasteiger partial charge in [0.15, 0.2) is 0 Å². The van der Waals surface area contributed by atoms with E-state index in [1.165, 1.54) is 21.8 Å². The van der Waals surface area contributed by atoms with Gasteiger partial charge in [0.05, 0.1) is 11.7 Å². The highest BCUT2D eigenvalue weighted by Crippen LogP contribution is 2.26. The lowest BCUT2D eigenvalue weighted by atomic mass is 10.2. The molecular formula is C20H13N3. The molecule has 0 unspecified atom stereocenters. The maximum absolute atomic E-state index is 3.94. The molecule has 3 nitrogen and oxygen atoms in total. The van der Waals surface area contributed by atoms with Crippen molar-refractivity contribution in [3.63, 3.8) is 0 Å². The van der Waals surface area contributed by atoms with Crippen LogP contribution in [0.3, 0.4) is 0 Å². The van der Waals surface area contributed by atoms with Crippen molar-refractivity contribution in [2.75, 3.05) is 0 Å². The second-order valence-electron chi connectivity index (χ2n) is 5.15. The molecule has 1 aliphatic heterocycles. The van der Waals surface area contributed by atoms with Gasteiger partial charge >= 0.3 is 0 Å². The molecule has 0 saturated carbocycles. The summed E-state index contributed by atoms with van der Waals surface area (Å²) in [5, 5.41) is 2.61. The van der Waals surface area contributed by atoms with Crippen LogP contribution in [0.25, 0.3) is 21.8 Å². The summed E-state index contributed by atoms with van der Waals surface area (Å²) < 4.78 is 0. The second-order valence-corrected chi connectivity index (χ2v) is 5.15. The summed E-state index contributed by atoms with van der Waals surface area (Å²) in [7, 11) is 0. The fourth-order valence-electron chi connectivity index (χ4n) is 2.62. The predicted molar refractivity (Wildman–Crippen MR) is 96.4 cm³/mol. The summed E-state index contributed by atoms with van der Waals surface area (Å²) >= 11 is 0. The van der Waals surface area contributed by atoms with Crippen LogP contribution in [0.4, 0.5) is 11.4 Å². The topological polar surface area (TPSA) is 40.5 Å². The minimum Gasteiger partial charge on any atom is -0.355 e. The Balaban J connectivity index is 0.000000122. The average Bonchev–Trinajstić information content (AvgIpc) is 3.01. The predicted octanol–water partition coefficient (Wildman–Crippen LogP) is 5.18. The molecule has 1 aromatic heterocycles. The lowest BCUT2D eigenvalue weighted by molar-refractivity contribution is 1.46. The Morgan fingerprint density at radius 2 is 1.00 bits per heavy atom. The molecule has 5 rings (SSSR count). The number of aromatic nitrogens is 1. The minimum absolute atomic E-state index is 0.862. The fourth-order valence-corrected chi connectivity index (χ4v) is 2.62. The number of nitrogens with zero attached hydrogens (tertiary/aromatic N) is 2. The summed E-state index contributed by atoms with van der Waals surface area (Å²) in [6.45, 7) is 0. The van der Waals surface area contributed by atoms with Gasteiger partial charge in [-0.1, -0.05) is 48.5 Å². The second kappa shape index (κ2) is 5.78. The van der Waals surface area contributed by atoms with Gasteiger partial charge in [-0.2, -0.15) is 9.98 Å². The molecule has 1 aliphatic rings. The molecule has 2 heterocycles. The number of benzene rings is 3. The molecule has 0 spiro atoms. The van der Waals surface area contributed by atoms with Gasteiger partial charge in [-0.3, -0.25) is 0 Å². The molecule has 23 heavy (non-hydrogen) atoms. The van der Waals surface area contributed by atoms with Crippen molar-refractivity contribution < 1.29 is 0 Å². The molecule has 0 amide bonds. The van der Waals surface area contributed by atoms with Crippen LogP contribution < -0.4 is 0 Å². The lowest BCUT2D eigenvalue weighted by Crippen LogP contribution is -1.71. The lowest BCUT2D eigenvalue weighted by Gasteiger charge is -1.95. The fraction of sp³-hybridized carbons (Fsp3) is 0. The molecule has 1 N–H and O–H groups in total. The number of hydrogen-bond donors (Lipinski definition) is 1. The van der Waals surface area contributed by atoms with E-state index in [9.17, 15) is 0 Å². The number of rotatable bonds is 0. The first-order valence-electron chi connectivity index (χ1n) is 7.38. The van der Waals surface area contributed by atoms with Gasteiger partial charge < -0.3 is 4.98 Å². The highest BCUT2D eigenvalue weighted by Gasteiger charge is 2.00. The van der Waals surface area contributed by atoms with Crippen LogP contribution in [0.5, 0.6) is 0 Å². The first-order chi connectivity index (χ1) is 11.4. The molecule has 0 fully saturated rings. The molecule has 108 valence electrons. The highest BCUT2D eigenvalue weighted by molar-refractivity contribution is 6.06. The van der Waals surface area contributed by atoms with Gasteiger partial charge in [0, 0.05) is 21.8 Å². The maximum atomic E-state index is 3.94. The Labute approximate surface area is 133 Å². The number of hydrogen-bond acceptors (Lipinski definition) is 2. The number of fused-ring (bicyclic) bond motifs is 4. The van der Waals surface area contributed by atoms with E-state index in [1.54, 1.807) is 0 Å². The van der Waals surface area contributed by atoms with Crippen molar-refractivity contribution in [1.82, 2.24) is 4.98 Å². The van der Waals surface area contributed by atoms with Crippen LogP contribution in [0.1, 0.15) is 0 Å². The van der Waals surface area contributed by atoms with E-state index >= 15 is 0 Å². The van der Waals surface area contributed by atoms with E-state index in [4.69, 9.17) is 0 Å². The SMILES string of the molecule is C1=C=Nc2ccccc2N=1.c1ccc2c(c1)[nH]c1ccccc12. The summed E-state index contributed by atoms with van der Waals surface area (Å²) in [6, 6.07) is 24.4. The van der Waals surface area contributed by atoms with Gasteiger partial charge in [0.2, 0.25) is 0 Å². The Morgan fingerprint density at radius 1 is 0.565 bits per heavy atom. The molecule has 0 bridgehead atoms. The third-order valence-corrected chi connectivity index (χ3v) is 3.70. The monoisotopic (exact) mass is 295 g/mol. The minimum atomic E-state index is 0.862. The van der Waals surface area contributed by atoms with Crippen molar-refractivity contribution in [3.05, 3.63) is 72.8 Å². The number of aromatic amines is 1. The van der Waals surface area contributed by atoms with E-state index in [-0.39, 0.29) is 0 Å². The Kier molecular flexibility index (Phi) is 3.34. The van der Waals surface area contributed by atoms with Crippen molar-refractivity contribution in [2.24, 2.45) is 9.98 Å². The number of para-hydroxylation sites is 4. The normalized spacial score (nSPS) is 11.3. The van der Waals surface area contributed by atoms with Gasteiger partial charge in [0.1, 0.15) is 11.4 Å². The van der Waals surface area contributed by atoms with Crippen LogP contribution in [-0.2, 0) is 0 Å². The van der Waals surface area contributed by atoms with Crippen molar-refractivity contribution in [2.45, 2.75) is 0 Å². The zero-order valence-electron chi connectivity index (χ0n) is 12.3. The summed E-state index contributed by atoms with van der Waals surface area (Å²) in [5.74, 6) is 5.10. The first-order valence-corrected chi connectivity index (χ1v) is 7.38. The van der Waals surface area contributed by atoms with Crippen molar-refractivity contribution in [1.29, 1.82) is 0 Å². The molecule has 3 heteroatoms. The van der Waals surface area contributed by atoms with Crippen LogP contribution in [0.15, 0.2) is 82.8 Å². The van der Waals surface area contributed by atoms with Crippen LogP contribution in [0.2, 0.25) is 0 Å². The number of aliphatic imine (C=N–C) groups is 2. The highest BCUT2D eigenvalue weighted by atomic mass is 14.8. The first kappa shape index (κ1) is 13.3. The summed E-state index contributed by atoms with van der Waals surface area (Å²) in [4.78, 5) is 11.3. The van der Waals surface area contributed by atoms with Gasteiger partial charge in [-0.25, -0.2) is 0 Å². The maximum Gasteiger partial charge on any atom is 0.100 e. The quantitative estimate of drug-likeness (QED) is 0.409. The van der Waals surface area contributed by atoms with Crippen molar-refractivity contribution in [3.8, 4) is 0 Å². The van der Waals surface area contributed by atoms with Crippen LogP contribution >= 0.6 is 0 Å². The molecule has 0 aliphatic carbocycles. The third-order valence-electron chi connectivity index (χ3n) is 3.70. The van der Waals surface area contributed by atoms with Gasteiger partial charge in [-0.15, -0.1) is 0 Å². The molecule has 4 aromatic rings. The van der Waals surface area contributed by atoms with Gasteiger partial charge in [-0.05, 0) is 24.3 Å². The zero-order chi connectivity index (χ0) is 15.5. The molecule has 0 saturated heterocycles. The Bertz CT molecular complexity index is 1010. The summed E-state index contributed by atoms with van der Waals surface area (Å²) in [6.07, 6.45) is 0. The molecule has 0 radical (unpaired) electrons. The Morgan fingerprint density at radius 3 is 1.52 bits per heavy atom. The smallest absolute Gasteiger partial charge is 0.100 e. The third kappa shape index (κ3) is 2.58. The number of H-pyrrole nitrogens is 1.